The molecule has 2 aliphatic carbocycles. The van der Waals surface area contributed by atoms with Gasteiger partial charge in [-0.2, -0.15) is 10.5 Å². The zero-order chi connectivity index (χ0) is 40.4. The Morgan fingerprint density at radius 2 is 1.40 bits per heavy atom. The molecule has 5 heterocycles. The molecule has 2 N–H and O–H groups in total. The van der Waals surface area contributed by atoms with Crippen LogP contribution >= 0.6 is 23.5 Å². The Morgan fingerprint density at radius 1 is 0.825 bits per heavy atom. The largest absolute Gasteiger partial charge is 0.507 e. The summed E-state index contributed by atoms with van der Waals surface area (Å²) in [6.07, 6.45) is 12.2. The van der Waals surface area contributed by atoms with Crippen molar-refractivity contribution in [1.29, 1.82) is 10.5 Å². The number of nitriles is 2. The monoisotopic (exact) mass is 813 g/mol. The third-order valence-corrected chi connectivity index (χ3v) is 12.0. The molecular formula is C42H39F4N7O2S2. The van der Waals surface area contributed by atoms with Crippen molar-refractivity contribution in [3.63, 3.8) is 0 Å². The van der Waals surface area contributed by atoms with Crippen LogP contribution in [0.5, 0.6) is 11.5 Å². The van der Waals surface area contributed by atoms with Crippen LogP contribution in [-0.2, 0) is 0 Å². The number of pyridine rings is 2. The highest BCUT2D eigenvalue weighted by Crippen LogP contribution is 2.46. The predicted molar refractivity (Wildman–Crippen MR) is 213 cm³/mol. The highest BCUT2D eigenvalue weighted by Gasteiger charge is 2.55. The zero-order valence-corrected chi connectivity index (χ0v) is 32.8. The molecule has 3 fully saturated rings. The average molecular weight is 814 g/mol. The molecule has 294 valence electrons. The van der Waals surface area contributed by atoms with Crippen LogP contribution in [0.2, 0.25) is 0 Å². The van der Waals surface area contributed by atoms with E-state index >= 15 is 0 Å². The van der Waals surface area contributed by atoms with E-state index in [-0.39, 0.29) is 49.5 Å². The first kappa shape index (κ1) is 40.0. The lowest BCUT2D eigenvalue weighted by atomic mass is 10.1. The quantitative estimate of drug-likeness (QED) is 0.0918. The summed E-state index contributed by atoms with van der Waals surface area (Å²) in [5.41, 5.74) is 5.77. The molecule has 2 saturated carbocycles. The van der Waals surface area contributed by atoms with Gasteiger partial charge < -0.3 is 15.2 Å². The van der Waals surface area contributed by atoms with Crippen molar-refractivity contribution in [2.75, 3.05) is 25.7 Å². The van der Waals surface area contributed by atoms with Gasteiger partial charge in [0, 0.05) is 71.1 Å². The Morgan fingerprint density at radius 3 is 1.88 bits per heavy atom. The molecule has 1 aliphatic heterocycles. The summed E-state index contributed by atoms with van der Waals surface area (Å²) < 4.78 is 61.6. The zero-order valence-electron chi connectivity index (χ0n) is 31.2. The van der Waals surface area contributed by atoms with Crippen molar-refractivity contribution >= 4 is 34.8 Å². The second kappa shape index (κ2) is 16.3. The van der Waals surface area contributed by atoms with E-state index in [1.165, 1.54) is 23.5 Å². The smallest absolute Gasteiger partial charge is 0.250 e. The van der Waals surface area contributed by atoms with Gasteiger partial charge in [0.2, 0.25) is 11.8 Å². The van der Waals surface area contributed by atoms with E-state index in [1.54, 1.807) is 18.5 Å². The van der Waals surface area contributed by atoms with Crippen LogP contribution in [0.4, 0.5) is 17.6 Å². The van der Waals surface area contributed by atoms with Gasteiger partial charge in [-0.1, -0.05) is 12.1 Å². The first-order valence-corrected chi connectivity index (χ1v) is 20.7. The number of ether oxygens (including phenoxy) is 1. The van der Waals surface area contributed by atoms with E-state index < -0.39 is 11.8 Å². The van der Waals surface area contributed by atoms with Crippen molar-refractivity contribution in [3.05, 3.63) is 96.6 Å². The number of rotatable bonds is 7. The number of aromatic nitrogens is 4. The van der Waals surface area contributed by atoms with E-state index in [4.69, 9.17) is 10.00 Å². The number of hydrogen-bond acceptors (Lipinski definition) is 9. The van der Waals surface area contributed by atoms with Gasteiger partial charge in [0.25, 0.3) is 0 Å². The fraction of sp³-hybridized carbons (Fsp3) is 0.333. The van der Waals surface area contributed by atoms with Crippen LogP contribution in [0.1, 0.15) is 49.7 Å². The minimum Gasteiger partial charge on any atom is -0.507 e. The third kappa shape index (κ3) is 8.86. The number of benzene rings is 2. The molecule has 2 aromatic carbocycles. The number of phenols is 1. The SMILES string of the molecule is CSc1cc(-c2cnc3ccccn23)cc(O)c1C#N.CSc1cc(-c2cnc3ccccn23)cc(OCC2CCC(F)(F)C2)c1C#N.FC1(F)CCC2(CN2)C1. The van der Waals surface area contributed by atoms with Crippen LogP contribution in [0.25, 0.3) is 33.8 Å². The van der Waals surface area contributed by atoms with Crippen molar-refractivity contribution in [2.45, 2.75) is 65.7 Å². The Labute approximate surface area is 335 Å². The number of hydrogen-bond donors (Lipinski definition) is 2. The van der Waals surface area contributed by atoms with Gasteiger partial charge in [0.15, 0.2) is 0 Å². The van der Waals surface area contributed by atoms with Crippen LogP contribution in [0, 0.1) is 28.6 Å². The number of nitrogens with zero attached hydrogens (tertiary/aromatic N) is 6. The fourth-order valence-corrected chi connectivity index (χ4v) is 8.54. The molecule has 2 unspecified atom stereocenters. The van der Waals surface area contributed by atoms with E-state index in [1.807, 2.05) is 94.4 Å². The molecule has 2 atom stereocenters. The molecule has 0 amide bonds. The summed E-state index contributed by atoms with van der Waals surface area (Å²) in [5, 5.41) is 31.7. The van der Waals surface area contributed by atoms with Gasteiger partial charge in [-0.05, 0) is 79.8 Å². The minimum absolute atomic E-state index is 0.000214. The van der Waals surface area contributed by atoms with E-state index in [0.29, 0.717) is 29.7 Å². The fourth-order valence-electron chi connectivity index (χ4n) is 7.35. The topological polar surface area (TPSA) is 134 Å². The van der Waals surface area contributed by atoms with Crippen LogP contribution in [0.15, 0.2) is 95.2 Å². The molecule has 0 radical (unpaired) electrons. The van der Waals surface area contributed by atoms with E-state index in [2.05, 4.69) is 21.4 Å². The van der Waals surface area contributed by atoms with Crippen LogP contribution in [-0.4, -0.2) is 66.9 Å². The first-order valence-electron chi connectivity index (χ1n) is 18.3. The maximum Gasteiger partial charge on any atom is 0.250 e. The molecular weight excluding hydrogens is 775 g/mol. The van der Waals surface area contributed by atoms with E-state index in [0.717, 1.165) is 50.1 Å². The Kier molecular flexibility index (Phi) is 11.5. The van der Waals surface area contributed by atoms with Crippen LogP contribution in [0.3, 0.4) is 0 Å². The molecule has 4 aromatic heterocycles. The molecule has 1 spiro atoms. The maximum absolute atomic E-state index is 13.5. The van der Waals surface area contributed by atoms with Crippen molar-refractivity contribution in [1.82, 2.24) is 24.1 Å². The first-order chi connectivity index (χ1) is 27.4. The molecule has 3 aliphatic rings. The molecule has 1 saturated heterocycles. The standard InChI is InChI=1S/C21H19F2N3OS.C15H11N3OS.C6H9F2N/c1-28-19-9-15(17-12-25-20-4-2-3-7-26(17)20)8-18(16(19)11-24)27-13-14-5-6-21(22,23)10-14;1-20-14-7-10(6-13(19)11(14)8-16)12-9-17-15-4-2-3-5-18(12)15;7-6(8)2-1-5(3-6)4-9-5/h2-4,7-9,12,14H,5-6,10,13H2,1H3;2-7,9,19H,1H3;9H,1-4H2. The lowest BCUT2D eigenvalue weighted by molar-refractivity contribution is 0.00279. The predicted octanol–water partition coefficient (Wildman–Crippen LogP) is 9.86. The van der Waals surface area contributed by atoms with Gasteiger partial charge in [-0.3, -0.25) is 8.80 Å². The van der Waals surface area contributed by atoms with Crippen molar-refractivity contribution in [2.24, 2.45) is 5.92 Å². The van der Waals surface area contributed by atoms with Gasteiger partial charge in [-0.25, -0.2) is 27.5 Å². The summed E-state index contributed by atoms with van der Waals surface area (Å²) >= 11 is 2.90. The average Bonchev–Trinajstić information content (AvgIpc) is 3.53. The maximum atomic E-state index is 13.5. The highest BCUT2D eigenvalue weighted by atomic mass is 32.2. The summed E-state index contributed by atoms with van der Waals surface area (Å²) in [7, 11) is 0. The second-order valence-corrected chi connectivity index (χ2v) is 16.1. The third-order valence-electron chi connectivity index (χ3n) is 10.5. The van der Waals surface area contributed by atoms with Gasteiger partial charge >= 0.3 is 0 Å². The lowest BCUT2D eigenvalue weighted by Gasteiger charge is -2.16. The highest BCUT2D eigenvalue weighted by molar-refractivity contribution is 7.98. The Hall–Kier alpha value is -5.22. The normalized spacial score (nSPS) is 20.0. The number of phenolic OH excluding ortho intramolecular Hbond substituents is 1. The number of halogens is 4. The minimum atomic E-state index is -2.60. The molecule has 9 rings (SSSR count). The summed E-state index contributed by atoms with van der Waals surface area (Å²) in [4.78, 5) is 10.3. The van der Waals surface area contributed by atoms with Crippen molar-refractivity contribution in [3.8, 4) is 46.2 Å². The summed E-state index contributed by atoms with van der Waals surface area (Å²) in [5.74, 6) is -4.73. The number of imidazole rings is 2. The number of alkyl halides is 4. The Bertz CT molecular complexity index is 2500. The molecule has 0 bridgehead atoms. The Balaban J connectivity index is 0.000000147. The van der Waals surface area contributed by atoms with Crippen molar-refractivity contribution < 1.29 is 27.4 Å². The van der Waals surface area contributed by atoms with Crippen LogP contribution < -0.4 is 10.1 Å². The molecule has 15 heteroatoms. The summed E-state index contributed by atoms with van der Waals surface area (Å²) in [6, 6.07) is 23.0. The molecule has 6 aromatic rings. The lowest BCUT2D eigenvalue weighted by Crippen LogP contribution is -2.15. The number of aromatic hydroxyl groups is 1. The van der Waals surface area contributed by atoms with Gasteiger partial charge in [0.1, 0.15) is 46.1 Å². The van der Waals surface area contributed by atoms with E-state index in [9.17, 15) is 27.9 Å². The second-order valence-electron chi connectivity index (χ2n) is 14.4. The molecule has 57 heavy (non-hydrogen) atoms. The summed E-state index contributed by atoms with van der Waals surface area (Å²) in [6.45, 7) is 0.997. The number of thioether (sulfide) groups is 2. The number of nitrogens with one attached hydrogen (secondary N) is 1. The molecule has 9 nitrogen and oxygen atoms in total. The van der Waals surface area contributed by atoms with Gasteiger partial charge in [0.05, 0.1) is 30.4 Å². The number of fused-ring (bicyclic) bond motifs is 2. The van der Waals surface area contributed by atoms with Gasteiger partial charge in [-0.15, -0.1) is 23.5 Å².